The Bertz CT molecular complexity index is 856. The molecule has 0 atom stereocenters. The number of carbonyl (C=O) groups excluding carboxylic acids is 1. The van der Waals surface area contributed by atoms with E-state index in [0.717, 1.165) is 35.3 Å². The van der Waals surface area contributed by atoms with Crippen molar-refractivity contribution in [1.82, 2.24) is 19.7 Å². The molecule has 0 aliphatic carbocycles. The first kappa shape index (κ1) is 18.1. The Kier molecular flexibility index (Phi) is 6.01. The zero-order valence-electron chi connectivity index (χ0n) is 14.8. The third-order valence-corrected chi connectivity index (χ3v) is 4.98. The molecule has 0 bridgehead atoms. The molecule has 1 aromatic carbocycles. The molecule has 0 fully saturated rings. The molecule has 0 unspecified atom stereocenters. The van der Waals surface area contributed by atoms with Gasteiger partial charge in [-0.25, -0.2) is 0 Å². The van der Waals surface area contributed by atoms with Crippen molar-refractivity contribution in [1.29, 1.82) is 0 Å². The van der Waals surface area contributed by atoms with E-state index in [-0.39, 0.29) is 11.7 Å². The van der Waals surface area contributed by atoms with E-state index in [0.29, 0.717) is 5.16 Å². The first-order valence-electron chi connectivity index (χ1n) is 8.56. The second-order valence-corrected chi connectivity index (χ2v) is 6.63. The van der Waals surface area contributed by atoms with E-state index in [4.69, 9.17) is 0 Å². The van der Waals surface area contributed by atoms with Crippen LogP contribution >= 0.6 is 11.8 Å². The summed E-state index contributed by atoms with van der Waals surface area (Å²) in [6.45, 7) is 4.19. The number of aromatic nitrogens is 4. The van der Waals surface area contributed by atoms with Gasteiger partial charge in [0.25, 0.3) is 0 Å². The van der Waals surface area contributed by atoms with E-state index in [2.05, 4.69) is 46.5 Å². The molecule has 2 aromatic heterocycles. The number of nitrogens with zero attached hydrogens (tertiary/aromatic N) is 4. The Morgan fingerprint density at radius 1 is 1.15 bits per heavy atom. The molecule has 0 saturated heterocycles. The maximum Gasteiger partial charge on any atom is 0.234 e. The molecule has 1 N–H and O–H groups in total. The molecule has 1 amide bonds. The summed E-state index contributed by atoms with van der Waals surface area (Å²) in [5.74, 6) is 0.214. The summed E-state index contributed by atoms with van der Waals surface area (Å²) in [7, 11) is 0. The van der Waals surface area contributed by atoms with Crippen molar-refractivity contribution >= 4 is 23.4 Å². The van der Waals surface area contributed by atoms with Crippen molar-refractivity contribution in [3.05, 3.63) is 60.2 Å². The van der Waals surface area contributed by atoms with Crippen molar-refractivity contribution in [3.8, 4) is 5.69 Å². The van der Waals surface area contributed by atoms with Crippen LogP contribution in [0.25, 0.3) is 5.69 Å². The van der Waals surface area contributed by atoms with Crippen LogP contribution in [0.3, 0.4) is 0 Å². The third kappa shape index (κ3) is 4.11. The number of amides is 1. The van der Waals surface area contributed by atoms with Crippen LogP contribution in [-0.4, -0.2) is 31.4 Å². The summed E-state index contributed by atoms with van der Waals surface area (Å²) in [5, 5.41) is 11.8. The second kappa shape index (κ2) is 8.62. The van der Waals surface area contributed by atoms with Crippen LogP contribution in [0, 0.1) is 0 Å². The lowest BCUT2D eigenvalue weighted by atomic mass is 10.0. The van der Waals surface area contributed by atoms with Gasteiger partial charge in [-0.15, -0.1) is 10.2 Å². The topological polar surface area (TPSA) is 72.7 Å². The van der Waals surface area contributed by atoms with Crippen LogP contribution in [-0.2, 0) is 17.6 Å². The molecule has 0 aliphatic heterocycles. The van der Waals surface area contributed by atoms with E-state index < -0.39 is 0 Å². The first-order valence-corrected chi connectivity index (χ1v) is 9.55. The molecule has 0 radical (unpaired) electrons. The third-order valence-electron chi connectivity index (χ3n) is 4.04. The molecule has 2 heterocycles. The van der Waals surface area contributed by atoms with Crippen LogP contribution < -0.4 is 5.32 Å². The van der Waals surface area contributed by atoms with E-state index in [1.165, 1.54) is 11.8 Å². The normalized spacial score (nSPS) is 10.7. The van der Waals surface area contributed by atoms with Gasteiger partial charge >= 0.3 is 0 Å². The zero-order chi connectivity index (χ0) is 18.4. The fraction of sp³-hybridized carbons (Fsp3) is 0.263. The number of hydrogen-bond acceptors (Lipinski definition) is 5. The number of para-hydroxylation sites is 1. The molecule has 134 valence electrons. The van der Waals surface area contributed by atoms with Crippen LogP contribution in [0.5, 0.6) is 0 Å². The number of pyridine rings is 1. The van der Waals surface area contributed by atoms with Gasteiger partial charge in [0.15, 0.2) is 5.16 Å². The van der Waals surface area contributed by atoms with E-state index >= 15 is 0 Å². The highest BCUT2D eigenvalue weighted by atomic mass is 32.2. The molecule has 0 aliphatic rings. The van der Waals surface area contributed by atoms with Crippen LogP contribution in [0.15, 0.2) is 54.2 Å². The second-order valence-electron chi connectivity index (χ2n) is 5.69. The van der Waals surface area contributed by atoms with Crippen molar-refractivity contribution in [2.75, 3.05) is 11.1 Å². The Morgan fingerprint density at radius 3 is 2.58 bits per heavy atom. The fourth-order valence-electron chi connectivity index (χ4n) is 2.70. The zero-order valence-corrected chi connectivity index (χ0v) is 15.7. The van der Waals surface area contributed by atoms with Gasteiger partial charge < -0.3 is 5.32 Å². The molecule has 3 aromatic rings. The number of aryl methyl sites for hydroxylation is 2. The van der Waals surface area contributed by atoms with Crippen molar-refractivity contribution in [3.63, 3.8) is 0 Å². The summed E-state index contributed by atoms with van der Waals surface area (Å²) in [5.41, 5.74) is 4.12. The summed E-state index contributed by atoms with van der Waals surface area (Å²) in [6, 6.07) is 9.93. The monoisotopic (exact) mass is 367 g/mol. The highest BCUT2D eigenvalue weighted by molar-refractivity contribution is 7.99. The predicted octanol–water partition coefficient (Wildman–Crippen LogP) is 3.52. The van der Waals surface area contributed by atoms with Gasteiger partial charge in [0.05, 0.1) is 17.6 Å². The molecular formula is C19H21N5OS. The Hall–Kier alpha value is -2.67. The van der Waals surface area contributed by atoms with Gasteiger partial charge in [-0.05, 0) is 36.1 Å². The average molecular weight is 367 g/mol. The fourth-order valence-corrected chi connectivity index (χ4v) is 3.43. The standard InChI is InChI=1S/C19H21N5OS/c1-3-14-7-5-8-15(4-2)18(14)22-17(25)12-26-19-23-21-13-24(19)16-9-6-10-20-11-16/h5-11,13H,3-4,12H2,1-2H3,(H,22,25). The van der Waals surface area contributed by atoms with E-state index in [1.54, 1.807) is 18.7 Å². The highest BCUT2D eigenvalue weighted by Crippen LogP contribution is 2.24. The number of rotatable bonds is 7. The number of benzene rings is 1. The van der Waals surface area contributed by atoms with Crippen LogP contribution in [0.4, 0.5) is 5.69 Å². The Labute approximate surface area is 157 Å². The summed E-state index contributed by atoms with van der Waals surface area (Å²) < 4.78 is 1.82. The van der Waals surface area contributed by atoms with Gasteiger partial charge in [-0.3, -0.25) is 14.3 Å². The lowest BCUT2D eigenvalue weighted by Crippen LogP contribution is -2.17. The minimum Gasteiger partial charge on any atom is -0.325 e. The van der Waals surface area contributed by atoms with Crippen molar-refractivity contribution in [2.45, 2.75) is 31.8 Å². The minimum atomic E-state index is -0.0497. The number of carbonyl (C=O) groups is 1. The van der Waals surface area contributed by atoms with Gasteiger partial charge in [0, 0.05) is 11.9 Å². The minimum absolute atomic E-state index is 0.0497. The van der Waals surface area contributed by atoms with E-state index in [1.807, 2.05) is 22.8 Å². The quantitative estimate of drug-likeness (QED) is 0.647. The Balaban J connectivity index is 1.69. The molecular weight excluding hydrogens is 346 g/mol. The van der Waals surface area contributed by atoms with Gasteiger partial charge in [-0.2, -0.15) is 0 Å². The number of anilines is 1. The van der Waals surface area contributed by atoms with Crippen molar-refractivity contribution < 1.29 is 4.79 Å². The maximum atomic E-state index is 12.5. The Morgan fingerprint density at radius 2 is 1.92 bits per heavy atom. The van der Waals surface area contributed by atoms with Crippen molar-refractivity contribution in [2.24, 2.45) is 0 Å². The molecule has 6 nitrogen and oxygen atoms in total. The summed E-state index contributed by atoms with van der Waals surface area (Å²) >= 11 is 1.35. The number of hydrogen-bond donors (Lipinski definition) is 1. The number of nitrogens with one attached hydrogen (secondary N) is 1. The average Bonchev–Trinajstić information content (AvgIpc) is 3.16. The number of thioether (sulfide) groups is 1. The van der Waals surface area contributed by atoms with Gasteiger partial charge in [-0.1, -0.05) is 43.8 Å². The highest BCUT2D eigenvalue weighted by Gasteiger charge is 2.13. The predicted molar refractivity (Wildman–Crippen MR) is 104 cm³/mol. The van der Waals surface area contributed by atoms with Crippen LogP contribution in [0.2, 0.25) is 0 Å². The first-order chi connectivity index (χ1) is 12.7. The largest absolute Gasteiger partial charge is 0.325 e. The lowest BCUT2D eigenvalue weighted by Gasteiger charge is -2.14. The molecule has 0 saturated carbocycles. The smallest absolute Gasteiger partial charge is 0.234 e. The van der Waals surface area contributed by atoms with Gasteiger partial charge in [0.2, 0.25) is 5.91 Å². The molecule has 3 rings (SSSR count). The van der Waals surface area contributed by atoms with Crippen LogP contribution in [0.1, 0.15) is 25.0 Å². The van der Waals surface area contributed by atoms with Gasteiger partial charge in [0.1, 0.15) is 6.33 Å². The maximum absolute atomic E-state index is 12.5. The van der Waals surface area contributed by atoms with E-state index in [9.17, 15) is 4.79 Å². The summed E-state index contributed by atoms with van der Waals surface area (Å²) in [4.78, 5) is 16.6. The molecule has 0 spiro atoms. The summed E-state index contributed by atoms with van der Waals surface area (Å²) in [6.07, 6.45) is 6.83. The SMILES string of the molecule is CCc1cccc(CC)c1NC(=O)CSc1nncn1-c1cccnc1. The molecule has 26 heavy (non-hydrogen) atoms. The molecule has 7 heteroatoms. The lowest BCUT2D eigenvalue weighted by molar-refractivity contribution is -0.113.